The van der Waals surface area contributed by atoms with Crippen LogP contribution in [0.1, 0.15) is 44.7 Å². The quantitative estimate of drug-likeness (QED) is 0.646. The lowest BCUT2D eigenvalue weighted by molar-refractivity contribution is -0.119. The summed E-state index contributed by atoms with van der Waals surface area (Å²) in [6.07, 6.45) is 4.26. The minimum absolute atomic E-state index is 0.000901. The second-order valence-electron chi connectivity index (χ2n) is 10.2. The van der Waals surface area contributed by atoms with Gasteiger partial charge in [-0.05, 0) is 52.7 Å². The molecular formula is C23H33N5O4. The number of carbonyl (C=O) groups excluding carboxylic acids is 2. The molecular weight excluding hydrogens is 410 g/mol. The zero-order valence-electron chi connectivity index (χ0n) is 19.1. The molecule has 2 unspecified atom stereocenters. The molecule has 0 radical (unpaired) electrons. The number of aromatic nitrogens is 1. The first-order valence-corrected chi connectivity index (χ1v) is 11.3. The molecule has 4 rings (SSSR count). The van der Waals surface area contributed by atoms with Crippen LogP contribution in [0.25, 0.3) is 0 Å². The van der Waals surface area contributed by atoms with Crippen molar-refractivity contribution in [3.8, 4) is 0 Å². The maximum atomic E-state index is 12.9. The summed E-state index contributed by atoms with van der Waals surface area (Å²) >= 11 is 0. The number of hydrogen-bond acceptors (Lipinski definition) is 4. The van der Waals surface area contributed by atoms with Crippen molar-refractivity contribution in [1.29, 1.82) is 0 Å². The van der Waals surface area contributed by atoms with Gasteiger partial charge in [0.2, 0.25) is 5.91 Å². The number of amides is 4. The molecule has 1 saturated carbocycles. The van der Waals surface area contributed by atoms with Gasteiger partial charge in [0.05, 0.1) is 0 Å². The molecule has 3 aliphatic rings. The second kappa shape index (κ2) is 8.26. The number of carbonyl (C=O) groups is 3. The Hall–Kier alpha value is -2.84. The van der Waals surface area contributed by atoms with Crippen LogP contribution in [-0.4, -0.2) is 64.1 Å². The Bertz CT molecular complexity index is 884. The van der Waals surface area contributed by atoms with E-state index in [0.29, 0.717) is 45.2 Å². The Morgan fingerprint density at radius 3 is 2.47 bits per heavy atom. The molecule has 2 aliphatic heterocycles. The molecule has 4 amide bonds. The standard InChI is InChI=1S/C23H33N5O4/c1-15(29)26-14-22(2,3)19-18(23(19)5-8-27(9-6-23)21(31)32)11-25-20(30)28-12-16-4-7-24-10-17(16)13-28/h4,7,10,18-19H,5-6,8-9,11-14H2,1-3H3,(H,25,30)(H,26,29)(H,31,32). The molecule has 3 N–H and O–H groups in total. The minimum atomic E-state index is -0.873. The van der Waals surface area contributed by atoms with Crippen molar-refractivity contribution in [3.05, 3.63) is 29.6 Å². The predicted octanol–water partition coefficient (Wildman–Crippen LogP) is 2.28. The van der Waals surface area contributed by atoms with Gasteiger partial charge in [-0.1, -0.05) is 13.8 Å². The predicted molar refractivity (Wildman–Crippen MR) is 118 cm³/mol. The summed E-state index contributed by atoms with van der Waals surface area (Å²) in [6.45, 7) is 9.14. The molecule has 0 bridgehead atoms. The highest BCUT2D eigenvalue weighted by Crippen LogP contribution is 2.70. The van der Waals surface area contributed by atoms with Crippen molar-refractivity contribution < 1.29 is 19.5 Å². The normalized spacial score (nSPS) is 23.6. The molecule has 1 aromatic heterocycles. The van der Waals surface area contributed by atoms with Gasteiger partial charge in [0, 0.05) is 58.6 Å². The van der Waals surface area contributed by atoms with E-state index >= 15 is 0 Å². The Morgan fingerprint density at radius 2 is 1.84 bits per heavy atom. The number of piperidine rings is 1. The third-order valence-electron chi connectivity index (χ3n) is 7.74. The fourth-order valence-corrected chi connectivity index (χ4v) is 6.15. The first-order chi connectivity index (χ1) is 15.1. The summed E-state index contributed by atoms with van der Waals surface area (Å²) in [6, 6.07) is 1.87. The van der Waals surface area contributed by atoms with E-state index in [2.05, 4.69) is 29.5 Å². The first-order valence-electron chi connectivity index (χ1n) is 11.3. The number of carboxylic acid groups (broad SMARTS) is 1. The molecule has 1 spiro atoms. The summed E-state index contributed by atoms with van der Waals surface area (Å²) < 4.78 is 0. The van der Waals surface area contributed by atoms with Crippen molar-refractivity contribution in [2.24, 2.45) is 22.7 Å². The van der Waals surface area contributed by atoms with Crippen molar-refractivity contribution >= 4 is 18.0 Å². The zero-order chi connectivity index (χ0) is 23.1. The number of rotatable bonds is 5. The van der Waals surface area contributed by atoms with Crippen LogP contribution < -0.4 is 10.6 Å². The van der Waals surface area contributed by atoms with Crippen LogP contribution in [0.5, 0.6) is 0 Å². The van der Waals surface area contributed by atoms with Crippen LogP contribution in [0, 0.1) is 22.7 Å². The highest BCUT2D eigenvalue weighted by Gasteiger charge is 2.68. The fourth-order valence-electron chi connectivity index (χ4n) is 6.15. The van der Waals surface area contributed by atoms with E-state index in [4.69, 9.17) is 0 Å². The smallest absolute Gasteiger partial charge is 0.407 e. The zero-order valence-corrected chi connectivity index (χ0v) is 19.1. The molecule has 9 heteroatoms. The largest absolute Gasteiger partial charge is 0.465 e. The number of likely N-dealkylation sites (tertiary alicyclic amines) is 1. The number of fused-ring (bicyclic) bond motifs is 1. The molecule has 1 saturated heterocycles. The topological polar surface area (TPSA) is 115 Å². The van der Waals surface area contributed by atoms with E-state index in [1.807, 2.05) is 12.3 Å². The molecule has 9 nitrogen and oxygen atoms in total. The van der Waals surface area contributed by atoms with Gasteiger partial charge in [-0.3, -0.25) is 9.78 Å². The van der Waals surface area contributed by atoms with E-state index in [0.717, 1.165) is 24.0 Å². The van der Waals surface area contributed by atoms with Crippen LogP contribution >= 0.6 is 0 Å². The Labute approximate surface area is 188 Å². The summed E-state index contributed by atoms with van der Waals surface area (Å²) in [5, 5.41) is 15.4. The number of nitrogens with one attached hydrogen (secondary N) is 2. The maximum Gasteiger partial charge on any atom is 0.407 e. The third kappa shape index (κ3) is 4.12. The van der Waals surface area contributed by atoms with Crippen LogP contribution in [-0.2, 0) is 17.9 Å². The maximum absolute atomic E-state index is 12.9. The molecule has 174 valence electrons. The lowest BCUT2D eigenvalue weighted by Crippen LogP contribution is -2.41. The fraction of sp³-hybridized carbons (Fsp3) is 0.652. The summed E-state index contributed by atoms with van der Waals surface area (Å²) in [5.74, 6) is 0.511. The van der Waals surface area contributed by atoms with E-state index in [9.17, 15) is 19.5 Å². The Kier molecular flexibility index (Phi) is 5.77. The van der Waals surface area contributed by atoms with Crippen molar-refractivity contribution in [2.45, 2.75) is 46.7 Å². The van der Waals surface area contributed by atoms with Crippen LogP contribution in [0.3, 0.4) is 0 Å². The van der Waals surface area contributed by atoms with E-state index in [-0.39, 0.29) is 28.7 Å². The van der Waals surface area contributed by atoms with E-state index in [1.54, 1.807) is 11.1 Å². The van der Waals surface area contributed by atoms with Gasteiger partial charge in [0.25, 0.3) is 0 Å². The Morgan fingerprint density at radius 1 is 1.16 bits per heavy atom. The van der Waals surface area contributed by atoms with Crippen LogP contribution in [0.2, 0.25) is 0 Å². The molecule has 0 aromatic carbocycles. The molecule has 1 aromatic rings. The first kappa shape index (κ1) is 22.4. The molecule has 32 heavy (non-hydrogen) atoms. The highest BCUT2D eigenvalue weighted by molar-refractivity contribution is 5.75. The summed E-state index contributed by atoms with van der Waals surface area (Å²) in [5.41, 5.74) is 2.07. The molecule has 3 heterocycles. The average Bonchev–Trinajstić information content (AvgIpc) is 3.15. The van der Waals surface area contributed by atoms with Gasteiger partial charge in [-0.15, -0.1) is 0 Å². The lowest BCUT2D eigenvalue weighted by atomic mass is 9.79. The third-order valence-corrected chi connectivity index (χ3v) is 7.74. The lowest BCUT2D eigenvalue weighted by Gasteiger charge is -2.35. The van der Waals surface area contributed by atoms with E-state index in [1.165, 1.54) is 11.8 Å². The van der Waals surface area contributed by atoms with Crippen molar-refractivity contribution in [3.63, 3.8) is 0 Å². The van der Waals surface area contributed by atoms with Gasteiger partial charge in [-0.25, -0.2) is 9.59 Å². The van der Waals surface area contributed by atoms with Gasteiger partial charge in [-0.2, -0.15) is 0 Å². The SMILES string of the molecule is CC(=O)NCC(C)(C)C1C(CNC(=O)N2Cc3ccncc3C2)C12CCN(C(=O)O)CC2. The number of urea groups is 1. The minimum Gasteiger partial charge on any atom is -0.465 e. The summed E-state index contributed by atoms with van der Waals surface area (Å²) in [4.78, 5) is 43.2. The van der Waals surface area contributed by atoms with Crippen molar-refractivity contribution in [2.75, 3.05) is 26.2 Å². The molecule has 1 aliphatic carbocycles. The van der Waals surface area contributed by atoms with Crippen LogP contribution in [0.4, 0.5) is 9.59 Å². The van der Waals surface area contributed by atoms with Gasteiger partial charge in [0.1, 0.15) is 0 Å². The number of nitrogens with zero attached hydrogens (tertiary/aromatic N) is 3. The number of hydrogen-bond donors (Lipinski definition) is 3. The van der Waals surface area contributed by atoms with Gasteiger partial charge < -0.3 is 25.5 Å². The van der Waals surface area contributed by atoms with Crippen molar-refractivity contribution in [1.82, 2.24) is 25.4 Å². The molecule has 2 fully saturated rings. The van der Waals surface area contributed by atoms with Gasteiger partial charge in [0.15, 0.2) is 0 Å². The van der Waals surface area contributed by atoms with E-state index < -0.39 is 6.09 Å². The molecule has 2 atom stereocenters. The monoisotopic (exact) mass is 443 g/mol. The Balaban J connectivity index is 1.41. The highest BCUT2D eigenvalue weighted by atomic mass is 16.4. The van der Waals surface area contributed by atoms with Gasteiger partial charge >= 0.3 is 12.1 Å². The number of pyridine rings is 1. The van der Waals surface area contributed by atoms with Crippen LogP contribution in [0.15, 0.2) is 18.5 Å². The average molecular weight is 444 g/mol. The summed E-state index contributed by atoms with van der Waals surface area (Å²) in [7, 11) is 0. The second-order valence-corrected chi connectivity index (χ2v) is 10.2.